The Bertz CT molecular complexity index is 831. The van der Waals surface area contributed by atoms with Crippen LogP contribution in [-0.4, -0.2) is 61.0 Å². The minimum atomic E-state index is -0.974. The molecule has 0 aromatic heterocycles. The summed E-state index contributed by atoms with van der Waals surface area (Å²) in [4.78, 5) is 18.0. The predicted octanol–water partition coefficient (Wildman–Crippen LogP) is 1.47. The summed E-state index contributed by atoms with van der Waals surface area (Å²) in [5.41, 5.74) is 0.464. The molecule has 0 saturated carbocycles. The third kappa shape index (κ3) is 1.47. The first-order valence-electron chi connectivity index (χ1n) is 8.66. The molecule has 132 valence electrons. The summed E-state index contributed by atoms with van der Waals surface area (Å²) < 4.78 is 12.4. The Hall–Kier alpha value is -1.89. The fourth-order valence-electron chi connectivity index (χ4n) is 5.81. The van der Waals surface area contributed by atoms with Gasteiger partial charge in [0.1, 0.15) is 6.04 Å². The number of carbonyl (C=O) groups is 1. The normalized spacial score (nSPS) is 39.0. The van der Waals surface area contributed by atoms with Gasteiger partial charge in [0.2, 0.25) is 0 Å². The molecule has 4 aliphatic rings. The van der Waals surface area contributed by atoms with Crippen LogP contribution < -0.4 is 9.47 Å². The van der Waals surface area contributed by atoms with E-state index in [9.17, 15) is 10.1 Å². The number of nitrogens with zero attached hydrogens (tertiary/aromatic N) is 1. The lowest BCUT2D eigenvalue weighted by atomic mass is 9.50. The molecule has 6 heteroatoms. The summed E-state index contributed by atoms with van der Waals surface area (Å²) >= 11 is 0. The first-order chi connectivity index (χ1) is 11.9. The second kappa shape index (κ2) is 4.44. The zero-order valence-electron chi connectivity index (χ0n) is 14.6. The summed E-state index contributed by atoms with van der Waals surface area (Å²) in [5, 5.41) is 10.1. The van der Waals surface area contributed by atoms with Crippen molar-refractivity contribution in [3.8, 4) is 11.5 Å². The number of ketones is 1. The maximum absolute atomic E-state index is 12.7. The molecular weight excluding hydrogens is 322 g/mol. The summed E-state index contributed by atoms with van der Waals surface area (Å²) in [6.07, 6.45) is 4.05. The topological polar surface area (TPSA) is 65.0 Å². The maximum atomic E-state index is 12.7. The van der Waals surface area contributed by atoms with Gasteiger partial charge < -0.3 is 14.0 Å². The van der Waals surface area contributed by atoms with Gasteiger partial charge in [0, 0.05) is 18.4 Å². The molecule has 0 amide bonds. The van der Waals surface area contributed by atoms with Crippen molar-refractivity contribution < 1.29 is 28.9 Å². The van der Waals surface area contributed by atoms with Crippen molar-refractivity contribution in [1.29, 1.82) is 0 Å². The predicted molar refractivity (Wildman–Crippen MR) is 88.8 cm³/mol. The quantitative estimate of drug-likeness (QED) is 0.500. The van der Waals surface area contributed by atoms with E-state index >= 15 is 0 Å². The summed E-state index contributed by atoms with van der Waals surface area (Å²) in [7, 11) is 5.91. The first-order valence-corrected chi connectivity index (χ1v) is 8.66. The van der Waals surface area contributed by atoms with Crippen LogP contribution in [0.3, 0.4) is 0 Å². The third-order valence-corrected chi connectivity index (χ3v) is 6.99. The maximum Gasteiger partial charge on any atom is 0.197 e. The molecule has 2 heterocycles. The number of rotatable bonds is 2. The van der Waals surface area contributed by atoms with Crippen molar-refractivity contribution >= 4 is 5.78 Å². The smallest absolute Gasteiger partial charge is 0.197 e. The number of benzene rings is 1. The van der Waals surface area contributed by atoms with Crippen molar-refractivity contribution in [3.05, 3.63) is 35.4 Å². The van der Waals surface area contributed by atoms with Crippen LogP contribution in [0.4, 0.5) is 0 Å². The Kier molecular flexibility index (Phi) is 2.73. The molecule has 2 aliphatic heterocycles. The molecule has 4 atom stereocenters. The van der Waals surface area contributed by atoms with Crippen LogP contribution in [0.1, 0.15) is 17.5 Å². The molecule has 1 aromatic rings. The van der Waals surface area contributed by atoms with Gasteiger partial charge in [0.15, 0.2) is 29.0 Å². The lowest BCUT2D eigenvalue weighted by molar-refractivity contribution is -0.932. The Labute approximate surface area is 146 Å². The molecule has 25 heavy (non-hydrogen) atoms. The number of hydrogen-bond donors (Lipinski definition) is 1. The first kappa shape index (κ1) is 15.4. The fraction of sp³-hybridized carbons (Fsp3) is 0.526. The molecule has 2 aliphatic carbocycles. The molecule has 0 radical (unpaired) electrons. The lowest BCUT2D eigenvalue weighted by Gasteiger charge is -2.62. The number of ether oxygens (including phenoxy) is 2. The third-order valence-electron chi connectivity index (χ3n) is 6.99. The van der Waals surface area contributed by atoms with Crippen LogP contribution >= 0.6 is 0 Å². The molecular formula is C19H22NO5+. The van der Waals surface area contributed by atoms with Crippen LogP contribution in [0.2, 0.25) is 0 Å². The molecule has 6 nitrogen and oxygen atoms in total. The molecule has 1 fully saturated rings. The van der Waals surface area contributed by atoms with Gasteiger partial charge >= 0.3 is 0 Å². The van der Waals surface area contributed by atoms with E-state index in [0.717, 1.165) is 24.1 Å². The van der Waals surface area contributed by atoms with E-state index < -0.39 is 17.1 Å². The minimum absolute atomic E-state index is 0.00598. The van der Waals surface area contributed by atoms with Crippen molar-refractivity contribution in [2.24, 2.45) is 0 Å². The minimum Gasteiger partial charge on any atom is -0.493 e. The molecule has 1 saturated heterocycles. The number of carbonyl (C=O) groups excluding carboxylic acids is 1. The second-order valence-electron chi connectivity index (χ2n) is 8.19. The summed E-state index contributed by atoms with van der Waals surface area (Å²) in [6, 6.07) is 3.96. The van der Waals surface area contributed by atoms with E-state index in [1.165, 1.54) is 6.08 Å². The largest absolute Gasteiger partial charge is 0.493 e. The van der Waals surface area contributed by atoms with Crippen LogP contribution in [-0.2, 0) is 21.5 Å². The number of piperidine rings is 1. The molecule has 1 spiro atoms. The highest BCUT2D eigenvalue weighted by molar-refractivity contribution is 5.99. The van der Waals surface area contributed by atoms with Gasteiger partial charge in [-0.1, -0.05) is 6.07 Å². The number of likely N-dealkylation sites (tertiary alicyclic amines) is 1. The van der Waals surface area contributed by atoms with Gasteiger partial charge in [-0.15, -0.1) is 0 Å². The molecule has 0 unspecified atom stereocenters. The Morgan fingerprint density at radius 3 is 2.88 bits per heavy atom. The van der Waals surface area contributed by atoms with E-state index in [4.69, 9.17) is 14.4 Å². The average molecular weight is 344 g/mol. The van der Waals surface area contributed by atoms with Gasteiger partial charge in [0.05, 0.1) is 33.2 Å². The standard InChI is InChI=1S/C19H21NO5/c1-20(2)9-8-18-15-11-4-5-13(23-3)16(15)24-17(18)12(21)6-7-19(18,25-22)14(20)10-11/h4-7,14,17H,8-10H2,1-3H3/p+1/t14-,17+,18+,19-/m1/s1. The average Bonchev–Trinajstić information content (AvgIpc) is 2.96. The van der Waals surface area contributed by atoms with Crippen molar-refractivity contribution in [2.75, 3.05) is 27.7 Å². The molecule has 1 aromatic carbocycles. The lowest BCUT2D eigenvalue weighted by Crippen LogP contribution is -2.79. The SMILES string of the molecule is COc1ccc2c3c1O[C@H]1C(=O)C=C[C@@]4(OO)[C@@H](C2)[N+](C)(C)CC[C@]314. The molecule has 2 bridgehead atoms. The number of hydrogen-bond acceptors (Lipinski definition) is 5. The zero-order valence-corrected chi connectivity index (χ0v) is 14.6. The zero-order chi connectivity index (χ0) is 17.6. The van der Waals surface area contributed by atoms with Crippen LogP contribution in [0.5, 0.6) is 11.5 Å². The van der Waals surface area contributed by atoms with Gasteiger partial charge in [-0.2, -0.15) is 0 Å². The molecule has 5 rings (SSSR count). The summed E-state index contributed by atoms with van der Waals surface area (Å²) in [6.45, 7) is 0.882. The van der Waals surface area contributed by atoms with Crippen molar-refractivity contribution in [3.63, 3.8) is 0 Å². The second-order valence-corrected chi connectivity index (χ2v) is 8.19. The van der Waals surface area contributed by atoms with Gasteiger partial charge in [-0.25, -0.2) is 4.89 Å². The van der Waals surface area contributed by atoms with Gasteiger partial charge in [-0.3, -0.25) is 10.1 Å². The number of quaternary nitrogens is 1. The van der Waals surface area contributed by atoms with E-state index in [1.54, 1.807) is 13.2 Å². The van der Waals surface area contributed by atoms with Crippen molar-refractivity contribution in [1.82, 2.24) is 0 Å². The van der Waals surface area contributed by atoms with E-state index in [2.05, 4.69) is 20.2 Å². The van der Waals surface area contributed by atoms with Crippen LogP contribution in [0.25, 0.3) is 0 Å². The van der Waals surface area contributed by atoms with E-state index in [0.29, 0.717) is 22.4 Å². The van der Waals surface area contributed by atoms with Gasteiger partial charge in [0.25, 0.3) is 0 Å². The van der Waals surface area contributed by atoms with E-state index in [1.807, 2.05) is 6.07 Å². The van der Waals surface area contributed by atoms with Crippen LogP contribution in [0.15, 0.2) is 24.3 Å². The number of likely N-dealkylation sites (N-methyl/N-ethyl adjacent to an activating group) is 1. The molecule has 1 N–H and O–H groups in total. The van der Waals surface area contributed by atoms with Gasteiger partial charge in [-0.05, 0) is 23.8 Å². The summed E-state index contributed by atoms with van der Waals surface area (Å²) in [5.74, 6) is 1.18. The van der Waals surface area contributed by atoms with Crippen LogP contribution in [0, 0.1) is 0 Å². The number of methoxy groups -OCH3 is 1. The Balaban J connectivity index is 1.90. The highest BCUT2D eigenvalue weighted by Crippen LogP contribution is 2.65. The Morgan fingerprint density at radius 1 is 1.36 bits per heavy atom. The Morgan fingerprint density at radius 2 is 2.16 bits per heavy atom. The monoisotopic (exact) mass is 344 g/mol. The fourth-order valence-corrected chi connectivity index (χ4v) is 5.81. The van der Waals surface area contributed by atoms with E-state index in [-0.39, 0.29) is 11.8 Å². The van der Waals surface area contributed by atoms with Crippen molar-refractivity contribution in [2.45, 2.75) is 36.0 Å². The highest BCUT2D eigenvalue weighted by atomic mass is 17.1. The highest BCUT2D eigenvalue weighted by Gasteiger charge is 2.76.